The largest absolute Gasteiger partial charge is 0.363 e. The van der Waals surface area contributed by atoms with Crippen molar-refractivity contribution in [1.29, 1.82) is 0 Å². The predicted octanol–water partition coefficient (Wildman–Crippen LogP) is 1.57. The lowest BCUT2D eigenvalue weighted by atomic mass is 10.3. The third kappa shape index (κ3) is 4.61. The molecular formula is C12H22N6O2. The molecule has 0 bridgehead atoms. The first-order valence-electron chi connectivity index (χ1n) is 6.65. The third-order valence-corrected chi connectivity index (χ3v) is 2.94. The van der Waals surface area contributed by atoms with E-state index in [9.17, 15) is 10.1 Å². The van der Waals surface area contributed by atoms with Crippen LogP contribution in [-0.2, 0) is 0 Å². The van der Waals surface area contributed by atoms with Crippen LogP contribution in [-0.4, -0.2) is 52.5 Å². The molecule has 0 amide bonds. The SMILES string of the molecule is CCNc1ncc([N+](=O)[O-])c(NCCN(C)C(C)C)n1. The second kappa shape index (κ2) is 7.59. The Morgan fingerprint density at radius 1 is 1.45 bits per heavy atom. The first-order valence-corrected chi connectivity index (χ1v) is 6.65. The van der Waals surface area contributed by atoms with E-state index in [-0.39, 0.29) is 11.5 Å². The number of nitrogens with one attached hydrogen (secondary N) is 2. The Kier molecular flexibility index (Phi) is 6.10. The first-order chi connectivity index (χ1) is 9.45. The van der Waals surface area contributed by atoms with Gasteiger partial charge >= 0.3 is 5.69 Å². The molecule has 20 heavy (non-hydrogen) atoms. The average Bonchev–Trinajstić information content (AvgIpc) is 2.38. The molecule has 0 saturated heterocycles. The topological polar surface area (TPSA) is 96.2 Å². The molecule has 0 spiro atoms. The quantitative estimate of drug-likeness (QED) is 0.551. The summed E-state index contributed by atoms with van der Waals surface area (Å²) >= 11 is 0. The number of aromatic nitrogens is 2. The van der Waals surface area contributed by atoms with Crippen LogP contribution in [0.15, 0.2) is 6.20 Å². The highest BCUT2D eigenvalue weighted by Crippen LogP contribution is 2.21. The standard InChI is InChI=1S/C12H22N6O2/c1-5-13-12-15-8-10(18(19)20)11(16-12)14-6-7-17(4)9(2)3/h8-9H,5-7H2,1-4H3,(H2,13,14,15,16). The van der Waals surface area contributed by atoms with Crippen molar-refractivity contribution in [2.24, 2.45) is 0 Å². The smallest absolute Gasteiger partial charge is 0.329 e. The Labute approximate surface area is 118 Å². The van der Waals surface area contributed by atoms with Crippen LogP contribution >= 0.6 is 0 Å². The predicted molar refractivity (Wildman–Crippen MR) is 79.1 cm³/mol. The highest BCUT2D eigenvalue weighted by molar-refractivity contribution is 5.56. The lowest BCUT2D eigenvalue weighted by molar-refractivity contribution is -0.384. The molecule has 1 rings (SSSR count). The van der Waals surface area contributed by atoms with Crippen LogP contribution in [0.5, 0.6) is 0 Å². The summed E-state index contributed by atoms with van der Waals surface area (Å²) < 4.78 is 0. The minimum atomic E-state index is -0.482. The van der Waals surface area contributed by atoms with E-state index in [1.54, 1.807) is 0 Å². The summed E-state index contributed by atoms with van der Waals surface area (Å²) in [5, 5.41) is 16.9. The van der Waals surface area contributed by atoms with Gasteiger partial charge < -0.3 is 15.5 Å². The first kappa shape index (κ1) is 16.1. The molecule has 112 valence electrons. The third-order valence-electron chi connectivity index (χ3n) is 2.94. The van der Waals surface area contributed by atoms with Gasteiger partial charge in [0.25, 0.3) is 0 Å². The molecule has 1 heterocycles. The van der Waals surface area contributed by atoms with Crippen molar-refractivity contribution in [3.8, 4) is 0 Å². The van der Waals surface area contributed by atoms with E-state index in [1.807, 2.05) is 14.0 Å². The summed E-state index contributed by atoms with van der Waals surface area (Å²) in [6.45, 7) is 8.11. The maximum atomic E-state index is 11.0. The van der Waals surface area contributed by atoms with Crippen LogP contribution in [0.25, 0.3) is 0 Å². The van der Waals surface area contributed by atoms with Gasteiger partial charge in [0.05, 0.1) is 4.92 Å². The van der Waals surface area contributed by atoms with E-state index in [4.69, 9.17) is 0 Å². The van der Waals surface area contributed by atoms with Crippen LogP contribution in [0.4, 0.5) is 17.5 Å². The van der Waals surface area contributed by atoms with Gasteiger partial charge in [0.15, 0.2) is 0 Å². The Hall–Kier alpha value is -1.96. The van der Waals surface area contributed by atoms with Gasteiger partial charge in [-0.2, -0.15) is 4.98 Å². The van der Waals surface area contributed by atoms with E-state index in [2.05, 4.69) is 39.3 Å². The normalized spacial score (nSPS) is 10.9. The Morgan fingerprint density at radius 2 is 2.15 bits per heavy atom. The fourth-order valence-corrected chi connectivity index (χ4v) is 1.49. The lowest BCUT2D eigenvalue weighted by Gasteiger charge is -2.21. The summed E-state index contributed by atoms with van der Waals surface area (Å²) in [7, 11) is 2.00. The number of rotatable bonds is 8. The van der Waals surface area contributed by atoms with Crippen LogP contribution in [0, 0.1) is 10.1 Å². The van der Waals surface area contributed by atoms with Crippen molar-refractivity contribution in [2.75, 3.05) is 37.3 Å². The summed E-state index contributed by atoms with van der Waals surface area (Å²) in [5.41, 5.74) is -0.112. The Morgan fingerprint density at radius 3 is 2.70 bits per heavy atom. The number of hydrogen-bond donors (Lipinski definition) is 2. The second-order valence-electron chi connectivity index (χ2n) is 4.72. The minimum absolute atomic E-state index is 0.112. The van der Waals surface area contributed by atoms with Crippen LogP contribution < -0.4 is 10.6 Å². The molecule has 8 heteroatoms. The molecule has 0 unspecified atom stereocenters. The van der Waals surface area contributed by atoms with Gasteiger partial charge in [-0.15, -0.1) is 0 Å². The molecule has 8 nitrogen and oxygen atoms in total. The van der Waals surface area contributed by atoms with Crippen LogP contribution in [0.2, 0.25) is 0 Å². The van der Waals surface area contributed by atoms with Gasteiger partial charge in [-0.25, -0.2) is 4.98 Å². The van der Waals surface area contributed by atoms with Crippen molar-refractivity contribution in [1.82, 2.24) is 14.9 Å². The second-order valence-corrected chi connectivity index (χ2v) is 4.72. The maximum Gasteiger partial charge on any atom is 0.329 e. The molecule has 0 aromatic carbocycles. The van der Waals surface area contributed by atoms with E-state index < -0.39 is 4.92 Å². The van der Waals surface area contributed by atoms with Gasteiger partial charge in [-0.05, 0) is 27.8 Å². The van der Waals surface area contributed by atoms with Crippen molar-refractivity contribution in [2.45, 2.75) is 26.8 Å². The molecule has 0 fully saturated rings. The maximum absolute atomic E-state index is 11.0. The molecule has 0 saturated carbocycles. The average molecular weight is 282 g/mol. The molecule has 0 aliphatic rings. The van der Waals surface area contributed by atoms with Crippen molar-refractivity contribution in [3.63, 3.8) is 0 Å². The molecule has 0 radical (unpaired) electrons. The number of nitro groups is 1. The van der Waals surface area contributed by atoms with E-state index in [1.165, 1.54) is 6.20 Å². The van der Waals surface area contributed by atoms with Crippen LogP contribution in [0.3, 0.4) is 0 Å². The highest BCUT2D eigenvalue weighted by atomic mass is 16.6. The van der Waals surface area contributed by atoms with Gasteiger partial charge in [0.1, 0.15) is 6.20 Å². The summed E-state index contributed by atoms with van der Waals surface area (Å²) in [4.78, 5) is 20.7. The van der Waals surface area contributed by atoms with E-state index >= 15 is 0 Å². The molecule has 0 aliphatic carbocycles. The van der Waals surface area contributed by atoms with Crippen molar-refractivity contribution < 1.29 is 4.92 Å². The van der Waals surface area contributed by atoms with Crippen LogP contribution in [0.1, 0.15) is 20.8 Å². The van der Waals surface area contributed by atoms with Crippen molar-refractivity contribution >= 4 is 17.5 Å². The number of likely N-dealkylation sites (N-methyl/N-ethyl adjacent to an activating group) is 1. The fourth-order valence-electron chi connectivity index (χ4n) is 1.49. The Bertz CT molecular complexity index is 452. The van der Waals surface area contributed by atoms with Gasteiger partial charge in [0, 0.05) is 25.7 Å². The zero-order valence-electron chi connectivity index (χ0n) is 12.4. The molecule has 0 aliphatic heterocycles. The van der Waals surface area contributed by atoms with Gasteiger partial charge in [-0.1, -0.05) is 0 Å². The van der Waals surface area contributed by atoms with Gasteiger partial charge in [-0.3, -0.25) is 10.1 Å². The molecule has 1 aromatic rings. The van der Waals surface area contributed by atoms with E-state index in [0.29, 0.717) is 25.1 Å². The molecule has 2 N–H and O–H groups in total. The summed E-state index contributed by atoms with van der Waals surface area (Å²) in [5.74, 6) is 0.635. The minimum Gasteiger partial charge on any atom is -0.363 e. The highest BCUT2D eigenvalue weighted by Gasteiger charge is 2.17. The zero-order chi connectivity index (χ0) is 15.1. The zero-order valence-corrected chi connectivity index (χ0v) is 12.4. The molecular weight excluding hydrogens is 260 g/mol. The summed E-state index contributed by atoms with van der Waals surface area (Å²) in [6.07, 6.45) is 1.22. The number of anilines is 2. The molecule has 0 atom stereocenters. The van der Waals surface area contributed by atoms with E-state index in [0.717, 1.165) is 6.54 Å². The number of nitrogens with zero attached hydrogens (tertiary/aromatic N) is 4. The van der Waals surface area contributed by atoms with Crippen molar-refractivity contribution in [3.05, 3.63) is 16.3 Å². The molecule has 1 aromatic heterocycles. The summed E-state index contributed by atoms with van der Waals surface area (Å²) in [6, 6.07) is 0.425. The Balaban J connectivity index is 2.74. The van der Waals surface area contributed by atoms with Gasteiger partial charge in [0.2, 0.25) is 11.8 Å². The number of hydrogen-bond acceptors (Lipinski definition) is 7. The fraction of sp³-hybridized carbons (Fsp3) is 0.667. The lowest BCUT2D eigenvalue weighted by Crippen LogP contribution is -2.31. The monoisotopic (exact) mass is 282 g/mol.